The summed E-state index contributed by atoms with van der Waals surface area (Å²) in [7, 11) is 1.84. The number of carbonyl (C=O) groups is 1. The first-order valence-corrected chi connectivity index (χ1v) is 10.4. The minimum absolute atomic E-state index is 0.439. The number of aldehydes is 1. The number of fused-ring (bicyclic) bond motifs is 1. The second-order valence-corrected chi connectivity index (χ2v) is 7.73. The van der Waals surface area contributed by atoms with E-state index < -0.39 is 0 Å². The third-order valence-electron chi connectivity index (χ3n) is 5.28. The first-order chi connectivity index (χ1) is 15.1. The van der Waals surface area contributed by atoms with E-state index in [2.05, 4.69) is 32.6 Å². The number of hydrogen-bond acceptors (Lipinski definition) is 5. The van der Waals surface area contributed by atoms with Gasteiger partial charge in [-0.1, -0.05) is 35.9 Å². The van der Waals surface area contributed by atoms with Gasteiger partial charge in [-0.25, -0.2) is 0 Å². The topological polar surface area (TPSA) is 79.9 Å². The highest BCUT2D eigenvalue weighted by molar-refractivity contribution is 6.33. The Morgan fingerprint density at radius 3 is 2.71 bits per heavy atom. The molecular formula is C24H23ClN4O2. The molecule has 2 N–H and O–H groups in total. The second kappa shape index (κ2) is 9.29. The van der Waals surface area contributed by atoms with Crippen molar-refractivity contribution in [3.05, 3.63) is 75.9 Å². The van der Waals surface area contributed by atoms with Gasteiger partial charge < -0.3 is 15.0 Å². The van der Waals surface area contributed by atoms with Gasteiger partial charge in [0.1, 0.15) is 12.4 Å². The van der Waals surface area contributed by atoms with Gasteiger partial charge in [-0.3, -0.25) is 4.79 Å². The second-order valence-electron chi connectivity index (χ2n) is 7.35. The van der Waals surface area contributed by atoms with Gasteiger partial charge in [0.25, 0.3) is 0 Å². The number of H-pyrrole nitrogens is 1. The van der Waals surface area contributed by atoms with E-state index in [4.69, 9.17) is 16.3 Å². The van der Waals surface area contributed by atoms with Gasteiger partial charge in [0.05, 0.1) is 16.3 Å². The fourth-order valence-corrected chi connectivity index (χ4v) is 3.77. The molecule has 0 fully saturated rings. The number of halogens is 1. The van der Waals surface area contributed by atoms with E-state index in [1.54, 1.807) is 0 Å². The normalized spacial score (nSPS) is 11.1. The quantitative estimate of drug-likeness (QED) is 0.313. The zero-order chi connectivity index (χ0) is 21.8. The van der Waals surface area contributed by atoms with Gasteiger partial charge in [-0.05, 0) is 55.3 Å². The van der Waals surface area contributed by atoms with Crippen LogP contribution < -0.4 is 10.1 Å². The van der Waals surface area contributed by atoms with Crippen molar-refractivity contribution in [3.8, 4) is 17.0 Å². The van der Waals surface area contributed by atoms with Crippen molar-refractivity contribution < 1.29 is 9.53 Å². The molecule has 0 saturated heterocycles. The lowest BCUT2D eigenvalue weighted by Gasteiger charge is -2.16. The van der Waals surface area contributed by atoms with Crippen molar-refractivity contribution in [1.82, 2.24) is 20.5 Å². The molecule has 0 amide bonds. The van der Waals surface area contributed by atoms with Gasteiger partial charge in [0, 0.05) is 23.7 Å². The van der Waals surface area contributed by atoms with E-state index in [1.807, 2.05) is 50.5 Å². The fraction of sp³-hybridized carbons (Fsp3) is 0.208. The van der Waals surface area contributed by atoms with E-state index >= 15 is 0 Å². The van der Waals surface area contributed by atoms with Crippen LogP contribution in [0.2, 0.25) is 5.02 Å². The molecule has 0 unspecified atom stereocenters. The highest BCUT2D eigenvalue weighted by atomic mass is 35.5. The summed E-state index contributed by atoms with van der Waals surface area (Å²) in [5.74, 6) is 0.447. The summed E-state index contributed by atoms with van der Waals surface area (Å²) in [6, 6.07) is 14.0. The Morgan fingerprint density at radius 1 is 1.16 bits per heavy atom. The van der Waals surface area contributed by atoms with Crippen LogP contribution in [-0.2, 0) is 6.42 Å². The number of aromatic nitrogens is 3. The van der Waals surface area contributed by atoms with Gasteiger partial charge in [0.15, 0.2) is 11.9 Å². The lowest BCUT2D eigenvalue weighted by molar-refractivity contribution is 0.111. The smallest absolute Gasteiger partial charge is 0.159 e. The van der Waals surface area contributed by atoms with Crippen molar-refractivity contribution in [2.45, 2.75) is 13.3 Å². The van der Waals surface area contributed by atoms with E-state index in [-0.39, 0.29) is 0 Å². The van der Waals surface area contributed by atoms with Crippen molar-refractivity contribution in [2.24, 2.45) is 0 Å². The maximum Gasteiger partial charge on any atom is 0.159 e. The summed E-state index contributed by atoms with van der Waals surface area (Å²) >= 11 is 6.55. The van der Waals surface area contributed by atoms with Crippen LogP contribution >= 0.6 is 11.6 Å². The minimum Gasteiger partial charge on any atom is -0.490 e. The van der Waals surface area contributed by atoms with Crippen LogP contribution in [0.25, 0.3) is 22.3 Å². The van der Waals surface area contributed by atoms with Gasteiger partial charge in [0.2, 0.25) is 0 Å². The molecule has 31 heavy (non-hydrogen) atoms. The van der Waals surface area contributed by atoms with Crippen LogP contribution in [-0.4, -0.2) is 41.7 Å². The summed E-state index contributed by atoms with van der Waals surface area (Å²) in [5, 5.41) is 13.0. The lowest BCUT2D eigenvalue weighted by Crippen LogP contribution is -2.17. The van der Waals surface area contributed by atoms with Crippen molar-refractivity contribution in [3.63, 3.8) is 0 Å². The first kappa shape index (κ1) is 21.0. The van der Waals surface area contributed by atoms with Gasteiger partial charge in [-0.15, -0.1) is 10.2 Å². The maximum atomic E-state index is 11.6. The molecule has 0 bridgehead atoms. The molecular weight excluding hydrogens is 412 g/mol. The number of carbonyl (C=O) groups excluding carboxylic acids is 1. The Labute approximate surface area is 185 Å². The van der Waals surface area contributed by atoms with Crippen LogP contribution in [0.4, 0.5) is 0 Å². The number of nitrogens with zero attached hydrogens (tertiary/aromatic N) is 2. The Balaban J connectivity index is 1.57. The Morgan fingerprint density at radius 2 is 1.97 bits per heavy atom. The third kappa shape index (κ3) is 4.45. The molecule has 158 valence electrons. The van der Waals surface area contributed by atoms with Crippen molar-refractivity contribution in [2.75, 3.05) is 20.2 Å². The van der Waals surface area contributed by atoms with Crippen molar-refractivity contribution >= 4 is 28.9 Å². The third-order valence-corrected chi connectivity index (χ3v) is 5.73. The van der Waals surface area contributed by atoms with Crippen LogP contribution in [0.3, 0.4) is 0 Å². The molecule has 7 heteroatoms. The molecule has 6 nitrogen and oxygen atoms in total. The average Bonchev–Trinajstić information content (AvgIpc) is 3.27. The average molecular weight is 435 g/mol. The van der Waals surface area contributed by atoms with E-state index in [0.717, 1.165) is 45.3 Å². The molecule has 0 aliphatic heterocycles. The Kier molecular flexibility index (Phi) is 6.30. The maximum absolute atomic E-state index is 11.6. The summed E-state index contributed by atoms with van der Waals surface area (Å²) in [5.41, 5.74) is 6.08. The molecule has 4 aromatic rings. The van der Waals surface area contributed by atoms with Gasteiger partial charge in [-0.2, -0.15) is 0 Å². The molecule has 0 aliphatic rings. The molecule has 2 heterocycles. The standard InChI is InChI=1S/C24H23ClN4O2/c1-15-19(12-20(14-30)23(22(15)25)31-10-9-26-2)11-16-3-5-17(6-4-16)21-13-18-7-8-27-24(18)29-28-21/h3-8,12-14,26H,9-11H2,1-2H3,(H,27,29). The minimum atomic E-state index is 0.439. The summed E-state index contributed by atoms with van der Waals surface area (Å²) in [6.07, 6.45) is 3.30. The predicted octanol–water partition coefficient (Wildman–Crippen LogP) is 4.59. The Bertz CT molecular complexity index is 1220. The molecule has 4 rings (SSSR count). The molecule has 0 spiro atoms. The fourth-order valence-electron chi connectivity index (χ4n) is 3.48. The van der Waals surface area contributed by atoms with Crippen LogP contribution in [0, 0.1) is 6.92 Å². The number of benzene rings is 2. The lowest BCUT2D eigenvalue weighted by atomic mass is 9.96. The number of nitrogens with one attached hydrogen (secondary N) is 2. The largest absolute Gasteiger partial charge is 0.490 e. The molecule has 0 saturated carbocycles. The Hall–Kier alpha value is -3.22. The van der Waals surface area contributed by atoms with Crippen LogP contribution in [0.1, 0.15) is 27.0 Å². The predicted molar refractivity (Wildman–Crippen MR) is 123 cm³/mol. The molecule has 2 aromatic heterocycles. The van der Waals surface area contributed by atoms with Crippen LogP contribution in [0.15, 0.2) is 48.7 Å². The number of rotatable bonds is 8. The number of ether oxygens (including phenoxy) is 1. The van der Waals surface area contributed by atoms with E-state index in [9.17, 15) is 4.79 Å². The summed E-state index contributed by atoms with van der Waals surface area (Å²) in [6.45, 7) is 3.06. The van der Waals surface area contributed by atoms with E-state index in [1.165, 1.54) is 0 Å². The monoisotopic (exact) mass is 434 g/mol. The highest BCUT2D eigenvalue weighted by Gasteiger charge is 2.16. The van der Waals surface area contributed by atoms with Crippen LogP contribution in [0.5, 0.6) is 5.75 Å². The SMILES string of the molecule is CNCCOc1c(C=O)cc(Cc2ccc(-c3cc4cc[nH]c4nn3)cc2)c(C)c1Cl. The first-order valence-electron chi connectivity index (χ1n) is 10.1. The summed E-state index contributed by atoms with van der Waals surface area (Å²) in [4.78, 5) is 14.7. The zero-order valence-electron chi connectivity index (χ0n) is 17.4. The molecule has 0 aliphatic carbocycles. The zero-order valence-corrected chi connectivity index (χ0v) is 18.2. The molecule has 0 radical (unpaired) electrons. The number of hydrogen-bond donors (Lipinski definition) is 2. The summed E-state index contributed by atoms with van der Waals surface area (Å²) < 4.78 is 5.73. The van der Waals surface area contributed by atoms with Gasteiger partial charge >= 0.3 is 0 Å². The number of aromatic amines is 1. The van der Waals surface area contributed by atoms with Crippen molar-refractivity contribution in [1.29, 1.82) is 0 Å². The van der Waals surface area contributed by atoms with E-state index in [0.29, 0.717) is 35.9 Å². The number of likely N-dealkylation sites (N-methyl/N-ethyl adjacent to an activating group) is 1. The molecule has 0 atom stereocenters. The molecule has 2 aromatic carbocycles. The highest BCUT2D eigenvalue weighted by Crippen LogP contribution is 2.35.